The minimum Gasteiger partial charge on any atom is -0.490 e. The predicted molar refractivity (Wildman–Crippen MR) is 58.5 cm³/mol. The molecule has 1 aliphatic heterocycles. The van der Waals surface area contributed by atoms with Crippen molar-refractivity contribution in [3.63, 3.8) is 0 Å². The van der Waals surface area contributed by atoms with Crippen LogP contribution in [0.4, 0.5) is 10.5 Å². The number of rotatable bonds is 0. The second-order valence-corrected chi connectivity index (χ2v) is 3.53. The summed E-state index contributed by atoms with van der Waals surface area (Å²) in [4.78, 5) is 13.3. The van der Waals surface area contributed by atoms with Crippen molar-refractivity contribution >= 4 is 11.7 Å². The van der Waals surface area contributed by atoms with Crippen LogP contribution in [0.5, 0.6) is 5.75 Å². The van der Waals surface area contributed by atoms with Gasteiger partial charge in [0.2, 0.25) is 0 Å². The van der Waals surface area contributed by atoms with Crippen molar-refractivity contribution in [3.05, 3.63) is 23.8 Å². The summed E-state index contributed by atoms with van der Waals surface area (Å²) in [6.07, 6.45) is 0. The maximum absolute atomic E-state index is 11.6. The van der Waals surface area contributed by atoms with Gasteiger partial charge in [0.1, 0.15) is 12.4 Å². The molecule has 1 aliphatic rings. The Morgan fingerprint density at radius 2 is 2.33 bits per heavy atom. The van der Waals surface area contributed by atoms with E-state index in [1.807, 2.05) is 25.1 Å². The molecule has 0 saturated carbocycles. The second kappa shape index (κ2) is 3.81. The molecule has 2 rings (SSSR count). The molecule has 0 aromatic heterocycles. The topological polar surface area (TPSA) is 41.6 Å². The van der Waals surface area contributed by atoms with Crippen LogP contribution >= 0.6 is 0 Å². The Morgan fingerprint density at radius 1 is 1.53 bits per heavy atom. The van der Waals surface area contributed by atoms with E-state index in [1.54, 1.807) is 11.9 Å². The lowest BCUT2D eigenvalue weighted by Crippen LogP contribution is -2.42. The second-order valence-electron chi connectivity index (χ2n) is 3.53. The molecule has 1 aromatic rings. The van der Waals surface area contributed by atoms with Crippen molar-refractivity contribution in [1.82, 2.24) is 5.32 Å². The molecule has 0 unspecified atom stereocenters. The van der Waals surface area contributed by atoms with Crippen LogP contribution in [0.2, 0.25) is 0 Å². The van der Waals surface area contributed by atoms with E-state index in [0.717, 1.165) is 17.0 Å². The molecular weight excluding hydrogens is 192 g/mol. The van der Waals surface area contributed by atoms with Crippen molar-refractivity contribution in [2.75, 3.05) is 25.1 Å². The van der Waals surface area contributed by atoms with Gasteiger partial charge >= 0.3 is 6.03 Å². The summed E-state index contributed by atoms with van der Waals surface area (Å²) in [5.41, 5.74) is 1.97. The fourth-order valence-corrected chi connectivity index (χ4v) is 1.67. The molecule has 2 amide bonds. The maximum atomic E-state index is 11.6. The summed E-state index contributed by atoms with van der Waals surface area (Å²) >= 11 is 0. The highest BCUT2D eigenvalue weighted by atomic mass is 16.5. The van der Waals surface area contributed by atoms with E-state index in [4.69, 9.17) is 4.74 Å². The fraction of sp³-hybridized carbons (Fsp3) is 0.364. The van der Waals surface area contributed by atoms with Crippen molar-refractivity contribution < 1.29 is 9.53 Å². The van der Waals surface area contributed by atoms with Gasteiger partial charge in [-0.1, -0.05) is 6.07 Å². The van der Waals surface area contributed by atoms with Gasteiger partial charge in [0.25, 0.3) is 0 Å². The average molecular weight is 206 g/mol. The van der Waals surface area contributed by atoms with E-state index in [9.17, 15) is 4.79 Å². The quantitative estimate of drug-likeness (QED) is 0.699. The number of hydrogen-bond donors (Lipinski definition) is 1. The van der Waals surface area contributed by atoms with Gasteiger partial charge < -0.3 is 10.1 Å². The lowest BCUT2D eigenvalue weighted by Gasteiger charge is -2.29. The number of amides is 2. The maximum Gasteiger partial charge on any atom is 0.321 e. The Kier molecular flexibility index (Phi) is 2.49. The molecular formula is C11H14N2O2. The lowest BCUT2D eigenvalue weighted by molar-refractivity contribution is 0.241. The monoisotopic (exact) mass is 206 g/mol. The molecule has 0 saturated heterocycles. The van der Waals surface area contributed by atoms with Crippen LogP contribution in [-0.4, -0.2) is 26.2 Å². The van der Waals surface area contributed by atoms with E-state index in [2.05, 4.69) is 5.32 Å². The summed E-state index contributed by atoms with van der Waals surface area (Å²) in [6, 6.07) is 5.75. The molecule has 4 nitrogen and oxygen atoms in total. The van der Waals surface area contributed by atoms with E-state index >= 15 is 0 Å². The van der Waals surface area contributed by atoms with Crippen molar-refractivity contribution in [1.29, 1.82) is 0 Å². The van der Waals surface area contributed by atoms with Gasteiger partial charge in [-0.15, -0.1) is 0 Å². The van der Waals surface area contributed by atoms with Crippen LogP contribution in [0.25, 0.3) is 0 Å². The smallest absolute Gasteiger partial charge is 0.321 e. The summed E-state index contributed by atoms with van der Waals surface area (Å²) < 4.78 is 5.51. The molecule has 80 valence electrons. The summed E-state index contributed by atoms with van der Waals surface area (Å²) in [7, 11) is 1.63. The highest BCUT2D eigenvalue weighted by Crippen LogP contribution is 2.32. The average Bonchev–Trinajstić information content (AvgIpc) is 2.26. The summed E-state index contributed by atoms with van der Waals surface area (Å²) in [5.74, 6) is 0.782. The van der Waals surface area contributed by atoms with Crippen LogP contribution < -0.4 is 15.0 Å². The number of aryl methyl sites for hydroxylation is 1. The molecule has 1 heterocycles. The molecule has 0 spiro atoms. The first-order chi connectivity index (χ1) is 7.22. The van der Waals surface area contributed by atoms with Crippen molar-refractivity contribution in [2.24, 2.45) is 0 Å². The Morgan fingerprint density at radius 3 is 3.07 bits per heavy atom. The van der Waals surface area contributed by atoms with E-state index in [-0.39, 0.29) is 6.03 Å². The number of fused-ring (bicyclic) bond motifs is 1. The number of hydrogen-bond acceptors (Lipinski definition) is 2. The third kappa shape index (κ3) is 1.75. The van der Waals surface area contributed by atoms with Gasteiger partial charge in [-0.25, -0.2) is 4.79 Å². The molecule has 1 N–H and O–H groups in total. The van der Waals surface area contributed by atoms with Crippen molar-refractivity contribution in [3.8, 4) is 5.75 Å². The van der Waals surface area contributed by atoms with Gasteiger partial charge in [0.05, 0.1) is 12.2 Å². The molecule has 1 aromatic carbocycles. The number of carbonyl (C=O) groups excluding carboxylic acids is 1. The number of urea groups is 1. The van der Waals surface area contributed by atoms with Gasteiger partial charge in [-0.3, -0.25) is 4.90 Å². The normalized spacial score (nSPS) is 14.1. The van der Waals surface area contributed by atoms with Crippen LogP contribution in [0.1, 0.15) is 5.56 Å². The lowest BCUT2D eigenvalue weighted by atomic mass is 10.2. The molecule has 0 fully saturated rings. The Labute approximate surface area is 88.8 Å². The first kappa shape index (κ1) is 9.83. The SMILES string of the molecule is CNC(=O)N1CCOc2cc(C)ccc21. The molecule has 0 radical (unpaired) electrons. The van der Waals surface area contributed by atoms with Gasteiger partial charge in [-0.05, 0) is 24.6 Å². The van der Waals surface area contributed by atoms with E-state index in [1.165, 1.54) is 0 Å². The van der Waals surface area contributed by atoms with Crippen LogP contribution in [-0.2, 0) is 0 Å². The van der Waals surface area contributed by atoms with Crippen LogP contribution in [0, 0.1) is 6.92 Å². The molecule has 0 atom stereocenters. The third-order valence-electron chi connectivity index (χ3n) is 2.44. The number of nitrogens with one attached hydrogen (secondary N) is 1. The van der Waals surface area contributed by atoms with E-state index in [0.29, 0.717) is 13.2 Å². The highest BCUT2D eigenvalue weighted by Gasteiger charge is 2.22. The Bertz CT molecular complexity index is 390. The van der Waals surface area contributed by atoms with Gasteiger partial charge in [-0.2, -0.15) is 0 Å². The largest absolute Gasteiger partial charge is 0.490 e. The number of benzene rings is 1. The molecule has 0 aliphatic carbocycles. The van der Waals surface area contributed by atoms with Crippen LogP contribution in [0.15, 0.2) is 18.2 Å². The minimum absolute atomic E-state index is 0.0941. The van der Waals surface area contributed by atoms with Crippen molar-refractivity contribution in [2.45, 2.75) is 6.92 Å². The highest BCUT2D eigenvalue weighted by molar-refractivity contribution is 5.93. The third-order valence-corrected chi connectivity index (χ3v) is 2.44. The number of anilines is 1. The van der Waals surface area contributed by atoms with Crippen LogP contribution in [0.3, 0.4) is 0 Å². The first-order valence-corrected chi connectivity index (χ1v) is 4.95. The Hall–Kier alpha value is -1.71. The fourth-order valence-electron chi connectivity index (χ4n) is 1.67. The zero-order valence-electron chi connectivity index (χ0n) is 8.91. The predicted octanol–water partition coefficient (Wildman–Crippen LogP) is 1.53. The van der Waals surface area contributed by atoms with Gasteiger partial charge in [0, 0.05) is 7.05 Å². The standard InChI is InChI=1S/C11H14N2O2/c1-8-3-4-9-10(7-8)15-6-5-13(9)11(14)12-2/h3-4,7H,5-6H2,1-2H3,(H,12,14). The summed E-state index contributed by atoms with van der Waals surface area (Å²) in [5, 5.41) is 2.62. The molecule has 0 bridgehead atoms. The molecule has 15 heavy (non-hydrogen) atoms. The Balaban J connectivity index is 2.38. The zero-order valence-corrected chi connectivity index (χ0v) is 8.91. The number of carbonyl (C=O) groups is 1. The van der Waals surface area contributed by atoms with E-state index < -0.39 is 0 Å². The zero-order chi connectivity index (χ0) is 10.8. The van der Waals surface area contributed by atoms with Gasteiger partial charge in [0.15, 0.2) is 0 Å². The number of ether oxygens (including phenoxy) is 1. The summed E-state index contributed by atoms with van der Waals surface area (Å²) in [6.45, 7) is 3.14. The molecule has 4 heteroatoms. The number of nitrogens with zero attached hydrogens (tertiary/aromatic N) is 1. The minimum atomic E-state index is -0.0941. The first-order valence-electron chi connectivity index (χ1n) is 4.95.